The highest BCUT2D eigenvalue weighted by Crippen LogP contribution is 2.23. The maximum absolute atomic E-state index is 12.2. The third-order valence-corrected chi connectivity index (χ3v) is 3.38. The van der Waals surface area contributed by atoms with Crippen LogP contribution in [-0.4, -0.2) is 17.6 Å². The first-order valence-electron chi connectivity index (χ1n) is 6.74. The van der Waals surface area contributed by atoms with Gasteiger partial charge in [-0.05, 0) is 29.7 Å². The van der Waals surface area contributed by atoms with Crippen molar-refractivity contribution in [3.63, 3.8) is 0 Å². The van der Waals surface area contributed by atoms with Crippen LogP contribution >= 0.6 is 0 Å². The maximum atomic E-state index is 12.2. The number of carbonyl (C=O) groups excluding carboxylic acids is 1. The van der Waals surface area contributed by atoms with Crippen LogP contribution in [0.15, 0.2) is 60.8 Å². The minimum atomic E-state index is -0.0825. The van der Waals surface area contributed by atoms with E-state index in [0.717, 1.165) is 10.9 Å². The van der Waals surface area contributed by atoms with Crippen LogP contribution in [0.5, 0.6) is 5.75 Å². The summed E-state index contributed by atoms with van der Waals surface area (Å²) in [5.41, 5.74) is 1.73. The second kappa shape index (κ2) is 5.71. The summed E-state index contributed by atoms with van der Waals surface area (Å²) in [5.74, 6) is 0.573. The van der Waals surface area contributed by atoms with Gasteiger partial charge in [0.15, 0.2) is 0 Å². The summed E-state index contributed by atoms with van der Waals surface area (Å²) < 4.78 is 7.16. The standard InChI is InChI=1S/C17H16N2O2/c1-21-16-9-5-3-7-14(16)18-17(20)12-19-11-10-13-6-2-4-8-15(13)19/h2-11H,12H2,1H3,(H,18,20). The molecule has 2 aromatic carbocycles. The van der Waals surface area contributed by atoms with E-state index in [1.54, 1.807) is 7.11 Å². The number of aromatic nitrogens is 1. The molecule has 106 valence electrons. The van der Waals surface area contributed by atoms with Gasteiger partial charge in [0.05, 0.1) is 12.8 Å². The van der Waals surface area contributed by atoms with Crippen LogP contribution in [0.4, 0.5) is 5.69 Å². The lowest BCUT2D eigenvalue weighted by Crippen LogP contribution is -2.18. The number of hydrogen-bond acceptors (Lipinski definition) is 2. The van der Waals surface area contributed by atoms with Gasteiger partial charge >= 0.3 is 0 Å². The smallest absolute Gasteiger partial charge is 0.244 e. The second-order valence-electron chi connectivity index (χ2n) is 4.75. The average Bonchev–Trinajstić information content (AvgIpc) is 2.91. The number of ether oxygens (including phenoxy) is 1. The number of rotatable bonds is 4. The van der Waals surface area contributed by atoms with Gasteiger partial charge in [0.25, 0.3) is 0 Å². The lowest BCUT2D eigenvalue weighted by Gasteiger charge is -2.10. The Balaban J connectivity index is 1.77. The highest BCUT2D eigenvalue weighted by molar-refractivity contribution is 5.93. The van der Waals surface area contributed by atoms with E-state index in [1.807, 2.05) is 65.4 Å². The molecule has 3 aromatic rings. The molecule has 0 aliphatic rings. The predicted molar refractivity (Wildman–Crippen MR) is 83.6 cm³/mol. The van der Waals surface area contributed by atoms with Crippen LogP contribution in [0.25, 0.3) is 10.9 Å². The molecule has 0 unspecified atom stereocenters. The molecule has 4 nitrogen and oxygen atoms in total. The SMILES string of the molecule is COc1ccccc1NC(=O)Cn1ccc2ccccc21. The summed E-state index contributed by atoms with van der Waals surface area (Å²) in [6.45, 7) is 0.269. The third-order valence-electron chi connectivity index (χ3n) is 3.38. The fraction of sp³-hybridized carbons (Fsp3) is 0.118. The van der Waals surface area contributed by atoms with Gasteiger partial charge in [-0.15, -0.1) is 0 Å². The molecular formula is C17H16N2O2. The fourth-order valence-corrected chi connectivity index (χ4v) is 2.37. The molecule has 0 radical (unpaired) electrons. The zero-order valence-electron chi connectivity index (χ0n) is 11.7. The molecule has 0 atom stereocenters. The van der Waals surface area contributed by atoms with E-state index in [4.69, 9.17) is 4.74 Å². The Morgan fingerprint density at radius 3 is 2.71 bits per heavy atom. The molecule has 0 aliphatic carbocycles. The van der Waals surface area contributed by atoms with Crippen LogP contribution in [0.1, 0.15) is 0 Å². The average molecular weight is 280 g/mol. The van der Waals surface area contributed by atoms with Crippen molar-refractivity contribution in [2.45, 2.75) is 6.54 Å². The molecule has 0 saturated carbocycles. The van der Waals surface area contributed by atoms with Gasteiger partial charge in [-0.2, -0.15) is 0 Å². The van der Waals surface area contributed by atoms with Crippen molar-refractivity contribution in [3.8, 4) is 5.75 Å². The Morgan fingerprint density at radius 2 is 1.86 bits per heavy atom. The van der Waals surface area contributed by atoms with Gasteiger partial charge in [0.1, 0.15) is 12.3 Å². The number of carbonyl (C=O) groups is 1. The summed E-state index contributed by atoms with van der Waals surface area (Å²) in [4.78, 5) is 12.2. The summed E-state index contributed by atoms with van der Waals surface area (Å²) in [5, 5.41) is 4.01. The van der Waals surface area contributed by atoms with E-state index in [1.165, 1.54) is 0 Å². The van der Waals surface area contributed by atoms with Crippen LogP contribution in [0, 0.1) is 0 Å². The number of benzene rings is 2. The number of nitrogens with zero attached hydrogens (tertiary/aromatic N) is 1. The zero-order chi connectivity index (χ0) is 14.7. The number of hydrogen-bond donors (Lipinski definition) is 1. The molecule has 1 N–H and O–H groups in total. The first-order chi connectivity index (χ1) is 10.3. The van der Waals surface area contributed by atoms with Crippen molar-refractivity contribution >= 4 is 22.5 Å². The van der Waals surface area contributed by atoms with E-state index in [-0.39, 0.29) is 12.5 Å². The van der Waals surface area contributed by atoms with Crippen molar-refractivity contribution in [3.05, 3.63) is 60.8 Å². The molecule has 3 rings (SSSR count). The van der Waals surface area contributed by atoms with E-state index in [0.29, 0.717) is 11.4 Å². The third kappa shape index (κ3) is 2.74. The molecule has 1 amide bonds. The molecule has 0 bridgehead atoms. The lowest BCUT2D eigenvalue weighted by molar-refractivity contribution is -0.116. The first-order valence-corrected chi connectivity index (χ1v) is 6.74. The van der Waals surface area contributed by atoms with Crippen LogP contribution in [0.2, 0.25) is 0 Å². The quantitative estimate of drug-likeness (QED) is 0.797. The maximum Gasteiger partial charge on any atom is 0.244 e. The van der Waals surface area contributed by atoms with Crippen molar-refractivity contribution in [2.24, 2.45) is 0 Å². The van der Waals surface area contributed by atoms with Crippen molar-refractivity contribution in [2.75, 3.05) is 12.4 Å². The predicted octanol–water partition coefficient (Wildman–Crippen LogP) is 3.29. The molecule has 0 saturated heterocycles. The van der Waals surface area contributed by atoms with Crippen LogP contribution in [0.3, 0.4) is 0 Å². The van der Waals surface area contributed by atoms with Crippen LogP contribution < -0.4 is 10.1 Å². The minimum Gasteiger partial charge on any atom is -0.495 e. The molecule has 21 heavy (non-hydrogen) atoms. The number of methoxy groups -OCH3 is 1. The molecule has 1 aromatic heterocycles. The van der Waals surface area contributed by atoms with Crippen molar-refractivity contribution < 1.29 is 9.53 Å². The van der Waals surface area contributed by atoms with Crippen molar-refractivity contribution in [1.82, 2.24) is 4.57 Å². The Morgan fingerprint density at radius 1 is 1.10 bits per heavy atom. The van der Waals surface area contributed by atoms with Crippen molar-refractivity contribution in [1.29, 1.82) is 0 Å². The summed E-state index contributed by atoms with van der Waals surface area (Å²) in [6.07, 6.45) is 1.92. The summed E-state index contributed by atoms with van der Waals surface area (Å²) in [7, 11) is 1.59. The minimum absolute atomic E-state index is 0.0825. The monoisotopic (exact) mass is 280 g/mol. The molecular weight excluding hydrogens is 264 g/mol. The first kappa shape index (κ1) is 13.2. The second-order valence-corrected chi connectivity index (χ2v) is 4.75. The van der Waals surface area contributed by atoms with E-state index >= 15 is 0 Å². The van der Waals surface area contributed by atoms with Gasteiger partial charge in [0, 0.05) is 11.7 Å². The number of amides is 1. The van der Waals surface area contributed by atoms with Crippen LogP contribution in [-0.2, 0) is 11.3 Å². The normalized spacial score (nSPS) is 10.5. The Kier molecular flexibility index (Phi) is 3.60. The number of anilines is 1. The highest BCUT2D eigenvalue weighted by atomic mass is 16.5. The Labute approximate surface area is 123 Å². The van der Waals surface area contributed by atoms with Gasteiger partial charge in [0.2, 0.25) is 5.91 Å². The number of fused-ring (bicyclic) bond motifs is 1. The Hall–Kier alpha value is -2.75. The van der Waals surface area contributed by atoms with E-state index < -0.39 is 0 Å². The number of para-hydroxylation sites is 3. The molecule has 0 aliphatic heterocycles. The highest BCUT2D eigenvalue weighted by Gasteiger charge is 2.09. The fourth-order valence-electron chi connectivity index (χ4n) is 2.37. The molecule has 1 heterocycles. The Bertz CT molecular complexity index is 777. The van der Waals surface area contributed by atoms with E-state index in [9.17, 15) is 4.79 Å². The van der Waals surface area contributed by atoms with E-state index in [2.05, 4.69) is 5.32 Å². The number of nitrogens with one attached hydrogen (secondary N) is 1. The molecule has 0 fully saturated rings. The summed E-state index contributed by atoms with van der Waals surface area (Å²) in [6, 6.07) is 17.4. The summed E-state index contributed by atoms with van der Waals surface area (Å²) >= 11 is 0. The van der Waals surface area contributed by atoms with Gasteiger partial charge < -0.3 is 14.6 Å². The van der Waals surface area contributed by atoms with Gasteiger partial charge in [-0.1, -0.05) is 30.3 Å². The molecule has 4 heteroatoms. The topological polar surface area (TPSA) is 43.3 Å². The largest absolute Gasteiger partial charge is 0.495 e. The van der Waals surface area contributed by atoms with Gasteiger partial charge in [-0.3, -0.25) is 4.79 Å². The van der Waals surface area contributed by atoms with Gasteiger partial charge in [-0.25, -0.2) is 0 Å². The lowest BCUT2D eigenvalue weighted by atomic mass is 10.2. The molecule has 0 spiro atoms. The zero-order valence-corrected chi connectivity index (χ0v) is 11.7.